The third kappa shape index (κ3) is 3.26. The summed E-state index contributed by atoms with van der Waals surface area (Å²) in [5.74, 6) is 1.41. The molecule has 0 N–H and O–H groups in total. The van der Waals surface area contributed by atoms with Crippen LogP contribution in [-0.2, 0) is 17.8 Å². The van der Waals surface area contributed by atoms with Gasteiger partial charge in [-0.05, 0) is 32.2 Å². The first-order valence-electron chi connectivity index (χ1n) is 5.98. The SMILES string of the molecule is COC(=O)c1ccc(CN(C)Cc2ccoc2C)o1. The van der Waals surface area contributed by atoms with Crippen molar-refractivity contribution in [2.24, 2.45) is 0 Å². The molecule has 0 unspecified atom stereocenters. The molecule has 2 rings (SSSR count). The van der Waals surface area contributed by atoms with Crippen molar-refractivity contribution in [3.63, 3.8) is 0 Å². The third-order valence-electron chi connectivity index (χ3n) is 2.88. The molecular weight excluding hydrogens is 246 g/mol. The molecule has 0 aliphatic rings. The zero-order valence-electron chi connectivity index (χ0n) is 11.3. The van der Waals surface area contributed by atoms with Gasteiger partial charge in [-0.3, -0.25) is 4.90 Å². The molecule has 0 saturated heterocycles. The van der Waals surface area contributed by atoms with Gasteiger partial charge in [-0.2, -0.15) is 0 Å². The molecule has 2 aromatic rings. The fourth-order valence-electron chi connectivity index (χ4n) is 1.86. The number of ether oxygens (including phenoxy) is 1. The van der Waals surface area contributed by atoms with E-state index in [2.05, 4.69) is 9.64 Å². The largest absolute Gasteiger partial charge is 0.469 e. The van der Waals surface area contributed by atoms with E-state index in [-0.39, 0.29) is 5.76 Å². The number of carbonyl (C=O) groups excluding carboxylic acids is 1. The van der Waals surface area contributed by atoms with Crippen LogP contribution in [0.15, 0.2) is 33.3 Å². The number of rotatable bonds is 5. The van der Waals surface area contributed by atoms with E-state index in [0.29, 0.717) is 6.54 Å². The summed E-state index contributed by atoms with van der Waals surface area (Å²) in [6.45, 7) is 3.31. The highest BCUT2D eigenvalue weighted by Gasteiger charge is 2.13. The molecule has 0 bridgehead atoms. The van der Waals surface area contributed by atoms with E-state index in [1.165, 1.54) is 7.11 Å². The standard InChI is InChI=1S/C14H17NO4/c1-10-11(6-7-18-10)8-15(2)9-12-4-5-13(19-12)14(16)17-3/h4-7H,8-9H2,1-3H3. The molecule has 2 heterocycles. The van der Waals surface area contributed by atoms with E-state index in [1.54, 1.807) is 18.4 Å². The van der Waals surface area contributed by atoms with Gasteiger partial charge in [0.1, 0.15) is 11.5 Å². The van der Waals surface area contributed by atoms with Crippen LogP contribution in [0.1, 0.15) is 27.6 Å². The lowest BCUT2D eigenvalue weighted by atomic mass is 10.2. The monoisotopic (exact) mass is 263 g/mol. The molecular formula is C14H17NO4. The molecule has 0 saturated carbocycles. The Balaban J connectivity index is 1.95. The van der Waals surface area contributed by atoms with Crippen LogP contribution in [0.2, 0.25) is 0 Å². The van der Waals surface area contributed by atoms with Crippen molar-refractivity contribution in [1.82, 2.24) is 4.90 Å². The minimum atomic E-state index is -0.459. The van der Waals surface area contributed by atoms with Gasteiger partial charge in [0, 0.05) is 12.1 Å². The van der Waals surface area contributed by atoms with Gasteiger partial charge >= 0.3 is 5.97 Å². The molecule has 0 aromatic carbocycles. The van der Waals surface area contributed by atoms with Crippen molar-refractivity contribution >= 4 is 5.97 Å². The maximum Gasteiger partial charge on any atom is 0.373 e. The second kappa shape index (κ2) is 5.75. The van der Waals surface area contributed by atoms with Gasteiger partial charge in [0.15, 0.2) is 0 Å². The van der Waals surface area contributed by atoms with Gasteiger partial charge in [0.05, 0.1) is 19.9 Å². The van der Waals surface area contributed by atoms with Crippen molar-refractivity contribution in [1.29, 1.82) is 0 Å². The van der Waals surface area contributed by atoms with Crippen molar-refractivity contribution < 1.29 is 18.4 Å². The Morgan fingerprint density at radius 3 is 2.74 bits per heavy atom. The molecule has 5 nitrogen and oxygen atoms in total. The number of methoxy groups -OCH3 is 1. The summed E-state index contributed by atoms with van der Waals surface area (Å²) in [6, 6.07) is 5.36. The van der Waals surface area contributed by atoms with Crippen LogP contribution in [-0.4, -0.2) is 25.0 Å². The van der Waals surface area contributed by atoms with Crippen LogP contribution in [0.3, 0.4) is 0 Å². The summed E-state index contributed by atoms with van der Waals surface area (Å²) in [5.41, 5.74) is 1.14. The molecule has 0 amide bonds. The second-order valence-corrected chi connectivity index (χ2v) is 4.43. The van der Waals surface area contributed by atoms with E-state index in [0.717, 1.165) is 23.6 Å². The van der Waals surface area contributed by atoms with Crippen LogP contribution in [0.4, 0.5) is 0 Å². The highest BCUT2D eigenvalue weighted by molar-refractivity contribution is 5.86. The number of hydrogen-bond donors (Lipinski definition) is 0. The molecule has 5 heteroatoms. The van der Waals surface area contributed by atoms with Crippen LogP contribution in [0, 0.1) is 6.92 Å². The Kier molecular flexibility index (Phi) is 4.06. The molecule has 0 atom stereocenters. The molecule has 0 aliphatic heterocycles. The van der Waals surface area contributed by atoms with Crippen molar-refractivity contribution in [2.75, 3.05) is 14.2 Å². The molecule has 0 spiro atoms. The van der Waals surface area contributed by atoms with E-state index >= 15 is 0 Å². The second-order valence-electron chi connectivity index (χ2n) is 4.43. The molecule has 102 valence electrons. The van der Waals surface area contributed by atoms with Crippen LogP contribution >= 0.6 is 0 Å². The van der Waals surface area contributed by atoms with Crippen LogP contribution in [0.25, 0.3) is 0 Å². The predicted molar refractivity (Wildman–Crippen MR) is 68.7 cm³/mol. The summed E-state index contributed by atoms with van der Waals surface area (Å²) in [4.78, 5) is 13.4. The summed E-state index contributed by atoms with van der Waals surface area (Å²) in [5, 5.41) is 0. The van der Waals surface area contributed by atoms with Gasteiger partial charge in [0.25, 0.3) is 0 Å². The first kappa shape index (κ1) is 13.4. The fourth-order valence-corrected chi connectivity index (χ4v) is 1.86. The lowest BCUT2D eigenvalue weighted by Crippen LogP contribution is -2.17. The number of nitrogens with zero attached hydrogens (tertiary/aromatic N) is 1. The van der Waals surface area contributed by atoms with E-state index in [1.807, 2.05) is 20.0 Å². The van der Waals surface area contributed by atoms with Crippen molar-refractivity contribution in [3.05, 3.63) is 47.3 Å². The zero-order chi connectivity index (χ0) is 13.8. The molecule has 0 radical (unpaired) electrons. The van der Waals surface area contributed by atoms with E-state index in [4.69, 9.17) is 8.83 Å². The Labute approximate surface area is 111 Å². The van der Waals surface area contributed by atoms with Gasteiger partial charge in [-0.25, -0.2) is 4.79 Å². The van der Waals surface area contributed by atoms with E-state index in [9.17, 15) is 4.79 Å². The molecule has 2 aromatic heterocycles. The summed E-state index contributed by atoms with van der Waals surface area (Å²) >= 11 is 0. The van der Waals surface area contributed by atoms with Crippen LogP contribution < -0.4 is 0 Å². The fraction of sp³-hybridized carbons (Fsp3) is 0.357. The summed E-state index contributed by atoms with van der Waals surface area (Å²) < 4.78 is 15.3. The van der Waals surface area contributed by atoms with Gasteiger partial charge in [-0.15, -0.1) is 0 Å². The minimum Gasteiger partial charge on any atom is -0.469 e. The van der Waals surface area contributed by atoms with Gasteiger partial charge in [-0.1, -0.05) is 0 Å². The number of furan rings is 2. The Morgan fingerprint density at radius 1 is 1.32 bits per heavy atom. The smallest absolute Gasteiger partial charge is 0.373 e. The third-order valence-corrected chi connectivity index (χ3v) is 2.88. The molecule has 19 heavy (non-hydrogen) atoms. The predicted octanol–water partition coefficient (Wildman–Crippen LogP) is 2.60. The first-order chi connectivity index (χ1) is 9.10. The van der Waals surface area contributed by atoms with Crippen molar-refractivity contribution in [3.8, 4) is 0 Å². The summed E-state index contributed by atoms with van der Waals surface area (Å²) in [7, 11) is 3.31. The minimum absolute atomic E-state index is 0.227. The number of carbonyl (C=O) groups is 1. The lowest BCUT2D eigenvalue weighted by Gasteiger charge is -2.14. The highest BCUT2D eigenvalue weighted by Crippen LogP contribution is 2.15. The maximum atomic E-state index is 11.3. The normalized spacial score (nSPS) is 10.9. The number of esters is 1. The highest BCUT2D eigenvalue weighted by atomic mass is 16.5. The van der Waals surface area contributed by atoms with Crippen LogP contribution in [0.5, 0.6) is 0 Å². The van der Waals surface area contributed by atoms with Gasteiger partial charge in [0.2, 0.25) is 5.76 Å². The first-order valence-corrected chi connectivity index (χ1v) is 5.98. The Hall–Kier alpha value is -2.01. The van der Waals surface area contributed by atoms with E-state index < -0.39 is 5.97 Å². The quantitative estimate of drug-likeness (QED) is 0.776. The molecule has 0 fully saturated rings. The van der Waals surface area contributed by atoms with Crippen molar-refractivity contribution in [2.45, 2.75) is 20.0 Å². The number of aryl methyl sites for hydroxylation is 1. The summed E-state index contributed by atoms with van der Waals surface area (Å²) in [6.07, 6.45) is 1.68. The average Bonchev–Trinajstić information content (AvgIpc) is 2.99. The lowest BCUT2D eigenvalue weighted by molar-refractivity contribution is 0.0561. The Bertz CT molecular complexity index is 555. The average molecular weight is 263 g/mol. The maximum absolute atomic E-state index is 11.3. The van der Waals surface area contributed by atoms with Gasteiger partial charge < -0.3 is 13.6 Å². The zero-order valence-corrected chi connectivity index (χ0v) is 11.3. The molecule has 0 aliphatic carbocycles. The number of hydrogen-bond acceptors (Lipinski definition) is 5. The Morgan fingerprint density at radius 2 is 2.11 bits per heavy atom. The topological polar surface area (TPSA) is 55.8 Å².